The molecule has 3 N–H and O–H groups in total. The van der Waals surface area contributed by atoms with E-state index in [1.54, 1.807) is 0 Å². The van der Waals surface area contributed by atoms with E-state index in [-0.39, 0.29) is 0 Å². The topological polar surface area (TPSA) is 58.7 Å². The highest BCUT2D eigenvalue weighted by Gasteiger charge is 2.24. The molecule has 0 bridgehead atoms. The van der Waals surface area contributed by atoms with E-state index in [9.17, 15) is 5.11 Å². The second-order valence-corrected chi connectivity index (χ2v) is 6.29. The number of nitrogens with zero attached hydrogens (tertiary/aromatic N) is 1. The van der Waals surface area contributed by atoms with Gasteiger partial charge in [-0.2, -0.15) is 0 Å². The summed E-state index contributed by atoms with van der Waals surface area (Å²) in [5.74, 6) is 1.58. The number of piperidine rings is 1. The molecule has 4 heteroatoms. The molecule has 3 unspecified atom stereocenters. The normalized spacial score (nSPS) is 24.8. The summed E-state index contributed by atoms with van der Waals surface area (Å²) in [6, 6.07) is 8.26. The fourth-order valence-corrected chi connectivity index (χ4v) is 2.96. The van der Waals surface area contributed by atoms with Gasteiger partial charge < -0.3 is 15.6 Å². The third-order valence-electron chi connectivity index (χ3n) is 4.32. The summed E-state index contributed by atoms with van der Waals surface area (Å²) in [6.45, 7) is 7.18. The Morgan fingerprint density at radius 1 is 1.33 bits per heavy atom. The Kier molecular flexibility index (Phi) is 6.03. The van der Waals surface area contributed by atoms with Crippen LogP contribution in [-0.2, 0) is 6.54 Å². The van der Waals surface area contributed by atoms with Gasteiger partial charge in [-0.3, -0.25) is 4.90 Å². The van der Waals surface area contributed by atoms with Gasteiger partial charge in [-0.15, -0.1) is 0 Å². The lowest BCUT2D eigenvalue weighted by molar-refractivity contribution is 0.0354. The van der Waals surface area contributed by atoms with Crippen LogP contribution in [-0.4, -0.2) is 41.8 Å². The van der Waals surface area contributed by atoms with Crippen LogP contribution in [0.15, 0.2) is 24.3 Å². The lowest BCUT2D eigenvalue weighted by atomic mass is 9.93. The fourth-order valence-electron chi connectivity index (χ4n) is 2.96. The van der Waals surface area contributed by atoms with Crippen LogP contribution in [0.1, 0.15) is 32.3 Å². The minimum atomic E-state index is -0.449. The van der Waals surface area contributed by atoms with E-state index >= 15 is 0 Å². The highest BCUT2D eigenvalue weighted by atomic mass is 16.5. The minimum absolute atomic E-state index is 0.334. The average molecular weight is 292 g/mol. The van der Waals surface area contributed by atoms with Crippen LogP contribution >= 0.6 is 0 Å². The van der Waals surface area contributed by atoms with Crippen LogP contribution in [0, 0.1) is 5.92 Å². The maximum atomic E-state index is 10.2. The number of benzene rings is 1. The smallest absolute Gasteiger partial charge is 0.119 e. The van der Waals surface area contributed by atoms with Crippen LogP contribution in [0.2, 0.25) is 0 Å². The number of nitrogens with two attached hydrogens (primary N) is 1. The fraction of sp³-hybridized carbons (Fsp3) is 0.647. The van der Waals surface area contributed by atoms with E-state index < -0.39 is 6.10 Å². The SMILES string of the molecule is CC1CCN(CC(O)COc2ccc(CN)cc2)C(C)C1. The molecule has 3 atom stereocenters. The molecular formula is C17H28N2O2. The molecule has 1 aromatic rings. The number of rotatable bonds is 6. The summed E-state index contributed by atoms with van der Waals surface area (Å²) >= 11 is 0. The Morgan fingerprint density at radius 3 is 2.67 bits per heavy atom. The van der Waals surface area contributed by atoms with Crippen LogP contribution in [0.5, 0.6) is 5.75 Å². The number of hydrogen-bond donors (Lipinski definition) is 2. The molecule has 1 saturated heterocycles. The van der Waals surface area contributed by atoms with Gasteiger partial charge in [-0.25, -0.2) is 0 Å². The van der Waals surface area contributed by atoms with Crippen LogP contribution < -0.4 is 10.5 Å². The van der Waals surface area contributed by atoms with E-state index in [0.29, 0.717) is 25.7 Å². The van der Waals surface area contributed by atoms with E-state index in [2.05, 4.69) is 18.7 Å². The second kappa shape index (κ2) is 7.78. The molecule has 1 aliphatic rings. The van der Waals surface area contributed by atoms with Crippen LogP contribution in [0.3, 0.4) is 0 Å². The highest BCUT2D eigenvalue weighted by Crippen LogP contribution is 2.22. The summed E-state index contributed by atoms with van der Waals surface area (Å²) in [6.07, 6.45) is 1.99. The van der Waals surface area contributed by atoms with Crippen molar-refractivity contribution in [3.05, 3.63) is 29.8 Å². The molecule has 1 aromatic carbocycles. The van der Waals surface area contributed by atoms with Gasteiger partial charge in [0.05, 0.1) is 0 Å². The maximum Gasteiger partial charge on any atom is 0.119 e. The Balaban J connectivity index is 1.75. The maximum absolute atomic E-state index is 10.2. The van der Waals surface area contributed by atoms with Gasteiger partial charge in [-0.1, -0.05) is 19.1 Å². The zero-order chi connectivity index (χ0) is 15.2. The number of aliphatic hydroxyl groups is 1. The van der Waals surface area contributed by atoms with Crippen molar-refractivity contribution < 1.29 is 9.84 Å². The van der Waals surface area contributed by atoms with E-state index in [1.165, 1.54) is 12.8 Å². The lowest BCUT2D eigenvalue weighted by Crippen LogP contribution is -2.45. The van der Waals surface area contributed by atoms with Gasteiger partial charge in [-0.05, 0) is 49.9 Å². The van der Waals surface area contributed by atoms with Gasteiger partial charge >= 0.3 is 0 Å². The van der Waals surface area contributed by atoms with E-state index in [4.69, 9.17) is 10.5 Å². The Bertz CT molecular complexity index is 421. The predicted molar refractivity (Wildman–Crippen MR) is 85.3 cm³/mol. The Morgan fingerprint density at radius 2 is 2.05 bits per heavy atom. The first-order valence-corrected chi connectivity index (χ1v) is 7.92. The number of ether oxygens (including phenoxy) is 1. The largest absolute Gasteiger partial charge is 0.491 e. The number of likely N-dealkylation sites (tertiary alicyclic amines) is 1. The second-order valence-electron chi connectivity index (χ2n) is 6.29. The van der Waals surface area contributed by atoms with Crippen molar-refractivity contribution in [1.82, 2.24) is 4.90 Å². The molecule has 0 aromatic heterocycles. The Hall–Kier alpha value is -1.10. The van der Waals surface area contributed by atoms with Crippen molar-refractivity contribution >= 4 is 0 Å². The number of β-amino-alcohol motifs (C(OH)–C–C–N with tert-alkyl or cyclic N) is 1. The summed E-state index contributed by atoms with van der Waals surface area (Å²) in [5, 5.41) is 10.2. The first-order chi connectivity index (χ1) is 10.1. The standard InChI is InChI=1S/C17H28N2O2/c1-13-7-8-19(14(2)9-13)11-16(20)12-21-17-5-3-15(10-18)4-6-17/h3-6,13-14,16,20H,7-12,18H2,1-2H3. The molecule has 1 aliphatic heterocycles. The quantitative estimate of drug-likeness (QED) is 0.842. The predicted octanol–water partition coefficient (Wildman–Crippen LogP) is 2.01. The van der Waals surface area contributed by atoms with Gasteiger partial charge in [0, 0.05) is 19.1 Å². The van der Waals surface area contributed by atoms with Crippen molar-refractivity contribution in [3.63, 3.8) is 0 Å². The van der Waals surface area contributed by atoms with Crippen molar-refractivity contribution in [2.75, 3.05) is 19.7 Å². The third-order valence-corrected chi connectivity index (χ3v) is 4.32. The number of aliphatic hydroxyl groups excluding tert-OH is 1. The summed E-state index contributed by atoms with van der Waals surface area (Å²) in [7, 11) is 0. The lowest BCUT2D eigenvalue weighted by Gasteiger charge is -2.37. The first-order valence-electron chi connectivity index (χ1n) is 7.92. The van der Waals surface area contributed by atoms with Crippen LogP contribution in [0.4, 0.5) is 0 Å². The van der Waals surface area contributed by atoms with Gasteiger partial charge in [0.1, 0.15) is 18.5 Å². The van der Waals surface area contributed by atoms with Crippen LogP contribution in [0.25, 0.3) is 0 Å². The first kappa shape index (κ1) is 16.3. The van der Waals surface area contributed by atoms with Crippen molar-refractivity contribution in [2.45, 2.75) is 45.4 Å². The van der Waals surface area contributed by atoms with Crippen molar-refractivity contribution in [3.8, 4) is 5.75 Å². The van der Waals surface area contributed by atoms with Gasteiger partial charge in [0.25, 0.3) is 0 Å². The zero-order valence-corrected chi connectivity index (χ0v) is 13.2. The Labute approximate surface area is 127 Å². The zero-order valence-electron chi connectivity index (χ0n) is 13.2. The summed E-state index contributed by atoms with van der Waals surface area (Å²) in [5.41, 5.74) is 6.65. The molecular weight excluding hydrogens is 264 g/mol. The summed E-state index contributed by atoms with van der Waals surface area (Å²) in [4.78, 5) is 2.37. The molecule has 1 heterocycles. The van der Waals surface area contributed by atoms with Gasteiger partial charge in [0.2, 0.25) is 0 Å². The molecule has 2 rings (SSSR count). The average Bonchev–Trinajstić information content (AvgIpc) is 2.48. The van der Waals surface area contributed by atoms with E-state index in [0.717, 1.165) is 23.8 Å². The molecule has 0 amide bonds. The molecule has 118 valence electrons. The monoisotopic (exact) mass is 292 g/mol. The molecule has 21 heavy (non-hydrogen) atoms. The van der Waals surface area contributed by atoms with Crippen molar-refractivity contribution in [2.24, 2.45) is 11.7 Å². The van der Waals surface area contributed by atoms with Gasteiger partial charge in [0.15, 0.2) is 0 Å². The molecule has 1 fully saturated rings. The molecule has 0 spiro atoms. The summed E-state index contributed by atoms with van der Waals surface area (Å²) < 4.78 is 5.65. The number of hydrogen-bond acceptors (Lipinski definition) is 4. The third kappa shape index (κ3) is 4.99. The molecule has 4 nitrogen and oxygen atoms in total. The van der Waals surface area contributed by atoms with Crippen molar-refractivity contribution in [1.29, 1.82) is 0 Å². The van der Waals surface area contributed by atoms with E-state index in [1.807, 2.05) is 24.3 Å². The molecule has 0 aliphatic carbocycles. The molecule has 0 saturated carbocycles. The minimum Gasteiger partial charge on any atom is -0.491 e. The molecule has 0 radical (unpaired) electrons. The highest BCUT2D eigenvalue weighted by molar-refractivity contribution is 5.27.